The van der Waals surface area contributed by atoms with Crippen LogP contribution in [0.3, 0.4) is 0 Å². The lowest BCUT2D eigenvalue weighted by molar-refractivity contribution is -0.274. The predicted molar refractivity (Wildman–Crippen MR) is 106 cm³/mol. The third-order valence-electron chi connectivity index (χ3n) is 5.04. The zero-order valence-electron chi connectivity index (χ0n) is 16.5. The number of rotatable bonds is 5. The highest BCUT2D eigenvalue weighted by molar-refractivity contribution is 6.30. The van der Waals surface area contributed by atoms with Gasteiger partial charge in [-0.15, -0.1) is 18.3 Å². The molecule has 0 aliphatic rings. The first-order valence-electron chi connectivity index (χ1n) is 9.22. The fourth-order valence-electron chi connectivity index (χ4n) is 3.58. The number of fused-ring (bicyclic) bond motifs is 1. The van der Waals surface area contributed by atoms with Crippen LogP contribution < -0.4 is 10.3 Å². The van der Waals surface area contributed by atoms with E-state index < -0.39 is 12.1 Å². The van der Waals surface area contributed by atoms with Gasteiger partial charge in [0.15, 0.2) is 5.82 Å². The molecule has 3 aromatic rings. The first kappa shape index (κ1) is 21.2. The summed E-state index contributed by atoms with van der Waals surface area (Å²) >= 11 is 5.85. The zero-order valence-corrected chi connectivity index (χ0v) is 17.2. The molecule has 156 valence electrons. The van der Waals surface area contributed by atoms with E-state index in [4.69, 9.17) is 11.6 Å². The molecule has 29 heavy (non-hydrogen) atoms. The van der Waals surface area contributed by atoms with Gasteiger partial charge in [-0.2, -0.15) is 0 Å². The second kappa shape index (κ2) is 7.74. The number of halogens is 4. The van der Waals surface area contributed by atoms with Crippen LogP contribution in [0, 0.1) is 6.92 Å². The van der Waals surface area contributed by atoms with Crippen LogP contribution in [0.1, 0.15) is 43.9 Å². The number of alkyl halides is 3. The number of benzene rings is 1. The van der Waals surface area contributed by atoms with Crippen LogP contribution in [-0.2, 0) is 7.05 Å². The normalized spacial score (nSPS) is 12.2. The SMILES string of the molecule is CCC(CC)c1cc(C)n2nc(-c3ccc(Cl)cc3OC(F)(F)F)n(C)c(=O)c12. The Bertz CT molecular complexity index is 1110. The highest BCUT2D eigenvalue weighted by Gasteiger charge is 2.33. The average molecular weight is 428 g/mol. The molecule has 0 saturated heterocycles. The Morgan fingerprint density at radius 2 is 1.86 bits per heavy atom. The standard InChI is InChI=1S/C20H21ClF3N3O2/c1-5-12(6-2)15-9-11(3)27-17(15)19(28)26(4)18(25-27)14-8-7-13(21)10-16(14)29-20(22,23)24/h7-10,12H,5-6H2,1-4H3. The Balaban J connectivity index is 2.30. The van der Waals surface area contributed by atoms with Gasteiger partial charge in [-0.3, -0.25) is 9.36 Å². The number of nitrogens with zero attached hydrogens (tertiary/aromatic N) is 3. The minimum Gasteiger partial charge on any atom is -0.405 e. The lowest BCUT2D eigenvalue weighted by Crippen LogP contribution is -2.25. The van der Waals surface area contributed by atoms with Gasteiger partial charge in [-0.05, 0) is 55.5 Å². The summed E-state index contributed by atoms with van der Waals surface area (Å²) in [5.41, 5.74) is 1.75. The molecule has 0 aliphatic heterocycles. The van der Waals surface area contributed by atoms with Crippen molar-refractivity contribution in [3.8, 4) is 17.1 Å². The van der Waals surface area contributed by atoms with Gasteiger partial charge < -0.3 is 4.74 Å². The third-order valence-corrected chi connectivity index (χ3v) is 5.27. The van der Waals surface area contributed by atoms with Gasteiger partial charge in [-0.1, -0.05) is 25.4 Å². The first-order valence-corrected chi connectivity index (χ1v) is 9.60. The van der Waals surface area contributed by atoms with E-state index in [-0.39, 0.29) is 27.9 Å². The van der Waals surface area contributed by atoms with E-state index >= 15 is 0 Å². The lowest BCUT2D eigenvalue weighted by Gasteiger charge is -2.16. The van der Waals surface area contributed by atoms with Crippen molar-refractivity contribution in [3.05, 3.63) is 50.9 Å². The van der Waals surface area contributed by atoms with Crippen molar-refractivity contribution in [2.75, 3.05) is 0 Å². The van der Waals surface area contributed by atoms with Crippen LogP contribution >= 0.6 is 11.6 Å². The fraction of sp³-hybridized carbons (Fsp3) is 0.400. The number of hydrogen-bond acceptors (Lipinski definition) is 3. The first-order chi connectivity index (χ1) is 13.6. The Hall–Kier alpha value is -2.48. The van der Waals surface area contributed by atoms with E-state index in [0.29, 0.717) is 5.52 Å². The quantitative estimate of drug-likeness (QED) is 0.543. The molecule has 2 aromatic heterocycles. The van der Waals surface area contributed by atoms with Crippen LogP contribution in [0.2, 0.25) is 5.02 Å². The van der Waals surface area contributed by atoms with Gasteiger partial charge in [-0.25, -0.2) is 4.52 Å². The van der Waals surface area contributed by atoms with Crippen molar-refractivity contribution < 1.29 is 17.9 Å². The largest absolute Gasteiger partial charge is 0.573 e. The maximum absolute atomic E-state index is 13.2. The van der Waals surface area contributed by atoms with E-state index in [1.54, 1.807) is 0 Å². The van der Waals surface area contributed by atoms with Gasteiger partial charge >= 0.3 is 6.36 Å². The highest BCUT2D eigenvalue weighted by atomic mass is 35.5. The number of ether oxygens (including phenoxy) is 1. The third kappa shape index (κ3) is 3.99. The molecule has 0 spiro atoms. The molecule has 2 heterocycles. The van der Waals surface area contributed by atoms with E-state index in [9.17, 15) is 18.0 Å². The Morgan fingerprint density at radius 1 is 1.21 bits per heavy atom. The second-order valence-corrected chi connectivity index (χ2v) is 7.33. The van der Waals surface area contributed by atoms with Crippen molar-refractivity contribution in [2.24, 2.45) is 7.05 Å². The maximum atomic E-state index is 13.2. The molecular weight excluding hydrogens is 407 g/mol. The van der Waals surface area contributed by atoms with Gasteiger partial charge in [0.1, 0.15) is 11.3 Å². The summed E-state index contributed by atoms with van der Waals surface area (Å²) in [6.45, 7) is 5.91. The molecule has 0 radical (unpaired) electrons. The van der Waals surface area contributed by atoms with Gasteiger partial charge in [0, 0.05) is 17.8 Å². The fourth-order valence-corrected chi connectivity index (χ4v) is 3.74. The molecule has 0 amide bonds. The van der Waals surface area contributed by atoms with Crippen LogP contribution in [0.15, 0.2) is 29.1 Å². The Kier molecular flexibility index (Phi) is 5.67. The average Bonchev–Trinajstić information content (AvgIpc) is 2.95. The molecule has 0 saturated carbocycles. The summed E-state index contributed by atoms with van der Waals surface area (Å²) in [6, 6.07) is 5.76. The van der Waals surface area contributed by atoms with Crippen LogP contribution in [0.4, 0.5) is 13.2 Å². The Morgan fingerprint density at radius 3 is 2.45 bits per heavy atom. The summed E-state index contributed by atoms with van der Waals surface area (Å²) in [6.07, 6.45) is -3.18. The minimum absolute atomic E-state index is 0.0189. The molecule has 9 heteroatoms. The monoisotopic (exact) mass is 427 g/mol. The number of aryl methyl sites for hydroxylation is 1. The molecule has 0 aliphatic carbocycles. The van der Waals surface area contributed by atoms with Crippen LogP contribution in [0.5, 0.6) is 5.75 Å². The zero-order chi connectivity index (χ0) is 21.5. The van der Waals surface area contributed by atoms with E-state index in [1.165, 1.54) is 28.3 Å². The summed E-state index contributed by atoms with van der Waals surface area (Å²) in [7, 11) is 1.48. The van der Waals surface area contributed by atoms with E-state index in [1.807, 2.05) is 26.8 Å². The van der Waals surface area contributed by atoms with E-state index in [0.717, 1.165) is 30.2 Å². The molecule has 0 bridgehead atoms. The number of aromatic nitrogens is 3. The predicted octanol–water partition coefficient (Wildman–Crippen LogP) is 5.46. The van der Waals surface area contributed by atoms with Crippen molar-refractivity contribution >= 4 is 17.1 Å². The van der Waals surface area contributed by atoms with Crippen LogP contribution in [0.25, 0.3) is 16.9 Å². The van der Waals surface area contributed by atoms with Crippen molar-refractivity contribution in [1.82, 2.24) is 14.2 Å². The van der Waals surface area contributed by atoms with Gasteiger partial charge in [0.25, 0.3) is 5.56 Å². The van der Waals surface area contributed by atoms with Crippen LogP contribution in [-0.4, -0.2) is 20.5 Å². The van der Waals surface area contributed by atoms with Crippen molar-refractivity contribution in [1.29, 1.82) is 0 Å². The van der Waals surface area contributed by atoms with Gasteiger partial charge in [0.05, 0.1) is 5.56 Å². The van der Waals surface area contributed by atoms with Crippen molar-refractivity contribution in [2.45, 2.75) is 45.9 Å². The highest BCUT2D eigenvalue weighted by Crippen LogP contribution is 2.35. The molecule has 3 rings (SSSR count). The summed E-state index contributed by atoms with van der Waals surface area (Å²) < 4.78 is 45.5. The summed E-state index contributed by atoms with van der Waals surface area (Å²) in [5, 5.41) is 4.56. The molecule has 0 atom stereocenters. The molecule has 1 aromatic carbocycles. The maximum Gasteiger partial charge on any atom is 0.573 e. The molecule has 0 fully saturated rings. The second-order valence-electron chi connectivity index (χ2n) is 6.89. The summed E-state index contributed by atoms with van der Waals surface area (Å²) in [4.78, 5) is 13.2. The molecule has 0 unspecified atom stereocenters. The molecular formula is C20H21ClF3N3O2. The van der Waals surface area contributed by atoms with Crippen molar-refractivity contribution in [3.63, 3.8) is 0 Å². The smallest absolute Gasteiger partial charge is 0.405 e. The molecule has 0 N–H and O–H groups in total. The van der Waals surface area contributed by atoms with E-state index in [2.05, 4.69) is 9.84 Å². The minimum atomic E-state index is -4.91. The Labute approximate surface area is 170 Å². The van der Waals surface area contributed by atoms with Gasteiger partial charge in [0.2, 0.25) is 0 Å². The number of hydrogen-bond donors (Lipinski definition) is 0. The lowest BCUT2D eigenvalue weighted by atomic mass is 9.95. The molecule has 5 nitrogen and oxygen atoms in total. The summed E-state index contributed by atoms with van der Waals surface area (Å²) in [5.74, 6) is -0.274. The topological polar surface area (TPSA) is 48.5 Å².